The predicted molar refractivity (Wildman–Crippen MR) is 48.0 cm³/mol. The van der Waals surface area contributed by atoms with Crippen molar-refractivity contribution in [2.45, 2.75) is 19.8 Å². The number of aromatic nitrogens is 1. The van der Waals surface area contributed by atoms with Gasteiger partial charge in [0.15, 0.2) is 0 Å². The van der Waals surface area contributed by atoms with Gasteiger partial charge in [-0.25, -0.2) is 8.78 Å². The molecule has 5 heteroatoms. The van der Waals surface area contributed by atoms with Gasteiger partial charge in [0.2, 0.25) is 0 Å². The first-order valence-corrected chi connectivity index (χ1v) is 4.15. The molecule has 1 aromatic rings. The van der Waals surface area contributed by atoms with E-state index in [9.17, 15) is 8.78 Å². The molecule has 1 aromatic heterocycles. The Bertz CT molecular complexity index is 455. The smallest absolute Gasteiger partial charge is 0.254 e. The Morgan fingerprint density at radius 2 is 2.13 bits per heavy atom. The monoisotopic (exact) mass is 207 g/mol. The number of hydrogen-bond acceptors (Lipinski definition) is 3. The molecule has 0 saturated heterocycles. The fraction of sp³-hybridized carbons (Fsp3) is 0.300. The Balaban J connectivity index is 3.43. The van der Waals surface area contributed by atoms with E-state index in [-0.39, 0.29) is 12.0 Å². The zero-order chi connectivity index (χ0) is 11.4. The van der Waals surface area contributed by atoms with Crippen LogP contribution in [0.25, 0.3) is 0 Å². The van der Waals surface area contributed by atoms with E-state index in [4.69, 9.17) is 10.5 Å². The summed E-state index contributed by atoms with van der Waals surface area (Å²) in [5, 5.41) is 17.3. The van der Waals surface area contributed by atoms with Crippen LogP contribution in [0.3, 0.4) is 0 Å². The summed E-state index contributed by atoms with van der Waals surface area (Å²) in [4.78, 5) is 3.51. The van der Waals surface area contributed by atoms with Crippen LogP contribution in [-0.2, 0) is 6.42 Å². The van der Waals surface area contributed by atoms with Crippen LogP contribution >= 0.6 is 0 Å². The molecule has 0 unspecified atom stereocenters. The highest BCUT2D eigenvalue weighted by molar-refractivity contribution is 5.46. The van der Waals surface area contributed by atoms with E-state index < -0.39 is 12.1 Å². The van der Waals surface area contributed by atoms with Crippen LogP contribution in [0, 0.1) is 29.6 Å². The molecule has 0 saturated carbocycles. The largest absolute Gasteiger partial charge is 0.281 e. The van der Waals surface area contributed by atoms with Crippen molar-refractivity contribution in [3.63, 3.8) is 0 Å². The topological polar surface area (TPSA) is 60.5 Å². The lowest BCUT2D eigenvalue weighted by atomic mass is 10.0. The van der Waals surface area contributed by atoms with Crippen LogP contribution in [0.15, 0.2) is 6.20 Å². The minimum absolute atomic E-state index is 0.0586. The van der Waals surface area contributed by atoms with Gasteiger partial charge < -0.3 is 0 Å². The van der Waals surface area contributed by atoms with Crippen molar-refractivity contribution >= 4 is 0 Å². The fourth-order valence-electron chi connectivity index (χ4n) is 1.26. The van der Waals surface area contributed by atoms with Crippen molar-refractivity contribution in [1.82, 2.24) is 4.98 Å². The number of alkyl halides is 2. The van der Waals surface area contributed by atoms with E-state index in [2.05, 4.69) is 4.98 Å². The number of halogens is 2. The van der Waals surface area contributed by atoms with E-state index >= 15 is 0 Å². The van der Waals surface area contributed by atoms with Crippen molar-refractivity contribution in [3.05, 3.63) is 28.6 Å². The predicted octanol–water partition coefficient (Wildman–Crippen LogP) is 2.27. The average molecular weight is 207 g/mol. The molecule has 0 aliphatic heterocycles. The van der Waals surface area contributed by atoms with E-state index in [1.807, 2.05) is 6.07 Å². The zero-order valence-electron chi connectivity index (χ0n) is 7.96. The summed E-state index contributed by atoms with van der Waals surface area (Å²) in [7, 11) is 0. The Kier molecular flexibility index (Phi) is 3.30. The van der Waals surface area contributed by atoms with Crippen LogP contribution < -0.4 is 0 Å². The second-order valence-corrected chi connectivity index (χ2v) is 2.93. The molecular formula is C10H7F2N3. The number of hydrogen-bond donors (Lipinski definition) is 0. The number of aryl methyl sites for hydroxylation is 1. The molecular weight excluding hydrogens is 200 g/mol. The van der Waals surface area contributed by atoms with Gasteiger partial charge in [0.1, 0.15) is 11.8 Å². The maximum Gasteiger partial charge on any atom is 0.281 e. The summed E-state index contributed by atoms with van der Waals surface area (Å²) in [6.45, 7) is 1.63. The highest BCUT2D eigenvalue weighted by Crippen LogP contribution is 2.24. The van der Waals surface area contributed by atoms with Crippen molar-refractivity contribution in [1.29, 1.82) is 10.5 Å². The van der Waals surface area contributed by atoms with Crippen LogP contribution in [-0.4, -0.2) is 4.98 Å². The Hall–Kier alpha value is -2.01. The second kappa shape index (κ2) is 4.47. The first-order valence-electron chi connectivity index (χ1n) is 4.15. The standard InChI is InChI=1S/C10H7F2N3/c1-6-5-15-9(10(11)12)8(4-14)7(6)2-3-13/h5,10H,2H2,1H3. The molecule has 0 spiro atoms. The second-order valence-electron chi connectivity index (χ2n) is 2.93. The summed E-state index contributed by atoms with van der Waals surface area (Å²) < 4.78 is 24.9. The lowest BCUT2D eigenvalue weighted by Crippen LogP contribution is -2.02. The molecule has 0 aliphatic carbocycles. The molecule has 0 radical (unpaired) electrons. The van der Waals surface area contributed by atoms with Crippen molar-refractivity contribution in [3.8, 4) is 12.1 Å². The van der Waals surface area contributed by atoms with Crippen LogP contribution in [0.2, 0.25) is 0 Å². The highest BCUT2D eigenvalue weighted by Gasteiger charge is 2.19. The summed E-state index contributed by atoms with van der Waals surface area (Å²) in [5.74, 6) is 0. The summed E-state index contributed by atoms with van der Waals surface area (Å²) in [6.07, 6.45) is -1.59. The van der Waals surface area contributed by atoms with Gasteiger partial charge >= 0.3 is 0 Å². The lowest BCUT2D eigenvalue weighted by Gasteiger charge is -2.08. The molecule has 76 valence electrons. The average Bonchev–Trinajstić information content (AvgIpc) is 2.20. The van der Waals surface area contributed by atoms with Gasteiger partial charge in [-0.15, -0.1) is 0 Å². The van der Waals surface area contributed by atoms with Gasteiger partial charge in [0.25, 0.3) is 6.43 Å². The third-order valence-corrected chi connectivity index (χ3v) is 2.01. The minimum atomic E-state index is -2.79. The molecule has 0 fully saturated rings. The molecule has 1 heterocycles. The molecule has 0 atom stereocenters. The van der Waals surface area contributed by atoms with Gasteiger partial charge in [-0.1, -0.05) is 0 Å². The number of nitrogens with zero attached hydrogens (tertiary/aromatic N) is 3. The number of pyridine rings is 1. The number of rotatable bonds is 2. The van der Waals surface area contributed by atoms with Crippen molar-refractivity contribution < 1.29 is 8.78 Å². The van der Waals surface area contributed by atoms with Crippen molar-refractivity contribution in [2.75, 3.05) is 0 Å². The highest BCUT2D eigenvalue weighted by atomic mass is 19.3. The Labute approximate surface area is 85.6 Å². The van der Waals surface area contributed by atoms with Gasteiger partial charge in [-0.3, -0.25) is 4.98 Å². The minimum Gasteiger partial charge on any atom is -0.254 e. The summed E-state index contributed by atoms with van der Waals surface area (Å²) >= 11 is 0. The maximum atomic E-state index is 12.5. The van der Waals surface area contributed by atoms with E-state index in [0.29, 0.717) is 11.1 Å². The van der Waals surface area contributed by atoms with Crippen molar-refractivity contribution in [2.24, 2.45) is 0 Å². The summed E-state index contributed by atoms with van der Waals surface area (Å²) in [6, 6.07) is 3.52. The Morgan fingerprint density at radius 3 is 2.60 bits per heavy atom. The van der Waals surface area contributed by atoms with Gasteiger partial charge in [-0.2, -0.15) is 10.5 Å². The van der Waals surface area contributed by atoms with Gasteiger partial charge in [0, 0.05) is 6.20 Å². The lowest BCUT2D eigenvalue weighted by molar-refractivity contribution is 0.145. The van der Waals surface area contributed by atoms with E-state index in [1.54, 1.807) is 13.0 Å². The molecule has 0 aromatic carbocycles. The zero-order valence-corrected chi connectivity index (χ0v) is 7.96. The third kappa shape index (κ3) is 2.08. The molecule has 15 heavy (non-hydrogen) atoms. The quantitative estimate of drug-likeness (QED) is 0.747. The Morgan fingerprint density at radius 1 is 1.47 bits per heavy atom. The van der Waals surface area contributed by atoms with E-state index in [1.165, 1.54) is 6.20 Å². The molecule has 0 N–H and O–H groups in total. The fourth-order valence-corrected chi connectivity index (χ4v) is 1.26. The van der Waals surface area contributed by atoms with Crippen LogP contribution in [0.5, 0.6) is 0 Å². The normalized spacial score (nSPS) is 9.73. The molecule has 0 aliphatic rings. The van der Waals surface area contributed by atoms with E-state index in [0.717, 1.165) is 0 Å². The third-order valence-electron chi connectivity index (χ3n) is 2.01. The maximum absolute atomic E-state index is 12.5. The number of nitriles is 2. The first-order chi connectivity index (χ1) is 7.11. The first kappa shape index (κ1) is 11.1. The summed E-state index contributed by atoms with van der Waals surface area (Å²) in [5.41, 5.74) is 0.197. The van der Waals surface area contributed by atoms with Crippen LogP contribution in [0.4, 0.5) is 8.78 Å². The van der Waals surface area contributed by atoms with Gasteiger partial charge in [0.05, 0.1) is 18.1 Å². The molecule has 0 amide bonds. The van der Waals surface area contributed by atoms with Crippen LogP contribution in [0.1, 0.15) is 28.8 Å². The molecule has 0 bridgehead atoms. The molecule has 3 nitrogen and oxygen atoms in total. The SMILES string of the molecule is Cc1cnc(C(F)F)c(C#N)c1CC#N. The molecule has 1 rings (SSSR count). The van der Waals surface area contributed by atoms with Gasteiger partial charge in [-0.05, 0) is 18.1 Å².